The van der Waals surface area contributed by atoms with Gasteiger partial charge in [-0.1, -0.05) is 0 Å². The molecule has 172 valence electrons. The standard InChI is InChI=1S/C20H25F3N8O/c1-29(19-12-25-4-7-32-19)16-8-18(30-5-2-3-6-30)31(13-15(16)20(21,22)23)28-17-11-26-14(9-24)10-27-17/h2-3,5-6,10-11,15-16,18-19,25H,4,7-8,12-13H2,1H3,(H,27,28)/t15?,16?,18?,19-/m0/s1. The second-order valence-electron chi connectivity index (χ2n) is 7.92. The first-order chi connectivity index (χ1) is 15.4. The first-order valence-electron chi connectivity index (χ1n) is 10.4. The second kappa shape index (κ2) is 9.41. The third-order valence-corrected chi connectivity index (χ3v) is 5.97. The molecular formula is C20H25F3N8O. The fourth-order valence-corrected chi connectivity index (χ4v) is 4.30. The normalized spacial score (nSPS) is 27.2. The van der Waals surface area contributed by atoms with Crippen LogP contribution in [0.5, 0.6) is 0 Å². The lowest BCUT2D eigenvalue weighted by atomic mass is 9.89. The number of aromatic nitrogens is 3. The molecule has 0 amide bonds. The molecule has 2 aromatic heterocycles. The summed E-state index contributed by atoms with van der Waals surface area (Å²) in [5.41, 5.74) is 3.11. The molecule has 0 aromatic carbocycles. The summed E-state index contributed by atoms with van der Waals surface area (Å²) < 4.78 is 50.2. The van der Waals surface area contributed by atoms with Crippen LogP contribution in [0.1, 0.15) is 18.3 Å². The number of nitriles is 1. The number of ether oxygens (including phenoxy) is 1. The molecule has 2 fully saturated rings. The number of alkyl halides is 3. The van der Waals surface area contributed by atoms with Crippen molar-refractivity contribution in [1.82, 2.24) is 29.8 Å². The number of likely N-dealkylation sites (N-methyl/N-ethyl adjacent to an activating group) is 1. The van der Waals surface area contributed by atoms with Gasteiger partial charge in [-0.15, -0.1) is 0 Å². The molecule has 3 unspecified atom stereocenters. The summed E-state index contributed by atoms with van der Waals surface area (Å²) in [6, 6.07) is 4.77. The van der Waals surface area contributed by atoms with E-state index in [4.69, 9.17) is 10.00 Å². The van der Waals surface area contributed by atoms with Gasteiger partial charge in [-0.3, -0.25) is 10.3 Å². The maximum Gasteiger partial charge on any atom is 0.394 e. The van der Waals surface area contributed by atoms with Crippen molar-refractivity contribution in [2.75, 3.05) is 38.7 Å². The molecule has 2 N–H and O–H groups in total. The van der Waals surface area contributed by atoms with Crippen LogP contribution in [0, 0.1) is 17.2 Å². The summed E-state index contributed by atoms with van der Waals surface area (Å²) in [4.78, 5) is 9.76. The van der Waals surface area contributed by atoms with E-state index in [0.717, 1.165) is 0 Å². The summed E-state index contributed by atoms with van der Waals surface area (Å²) in [7, 11) is 1.70. The van der Waals surface area contributed by atoms with Crippen molar-refractivity contribution in [1.29, 1.82) is 5.26 Å². The number of nitrogens with one attached hydrogen (secondary N) is 2. The van der Waals surface area contributed by atoms with Crippen molar-refractivity contribution in [3.05, 3.63) is 42.6 Å². The zero-order valence-electron chi connectivity index (χ0n) is 17.5. The molecule has 0 saturated carbocycles. The summed E-state index contributed by atoms with van der Waals surface area (Å²) in [6.07, 6.45) is 1.26. The molecule has 4 heterocycles. The topological polar surface area (TPSA) is 94.3 Å². The Labute approximate surface area is 183 Å². The van der Waals surface area contributed by atoms with Gasteiger partial charge >= 0.3 is 6.18 Å². The van der Waals surface area contributed by atoms with Crippen molar-refractivity contribution in [3.8, 4) is 6.07 Å². The number of anilines is 1. The van der Waals surface area contributed by atoms with Gasteiger partial charge in [0.25, 0.3) is 0 Å². The Kier molecular flexibility index (Phi) is 6.61. The number of nitrogens with zero attached hydrogens (tertiary/aromatic N) is 6. The Morgan fingerprint density at radius 2 is 2.06 bits per heavy atom. The van der Waals surface area contributed by atoms with Gasteiger partial charge in [0.05, 0.1) is 24.9 Å². The van der Waals surface area contributed by atoms with Crippen molar-refractivity contribution < 1.29 is 17.9 Å². The zero-order valence-corrected chi connectivity index (χ0v) is 17.5. The summed E-state index contributed by atoms with van der Waals surface area (Å²) >= 11 is 0. The lowest BCUT2D eigenvalue weighted by molar-refractivity contribution is -0.222. The molecule has 0 bridgehead atoms. The highest BCUT2D eigenvalue weighted by Gasteiger charge is 2.52. The Morgan fingerprint density at radius 1 is 1.28 bits per heavy atom. The van der Waals surface area contributed by atoms with E-state index < -0.39 is 30.5 Å². The number of morpholine rings is 1. The van der Waals surface area contributed by atoms with Crippen LogP contribution < -0.4 is 10.7 Å². The van der Waals surface area contributed by atoms with Crippen LogP contribution in [0.3, 0.4) is 0 Å². The Balaban J connectivity index is 1.62. The maximum absolute atomic E-state index is 14.2. The minimum absolute atomic E-state index is 0.132. The highest BCUT2D eigenvalue weighted by molar-refractivity contribution is 5.32. The Morgan fingerprint density at radius 3 is 2.66 bits per heavy atom. The quantitative estimate of drug-likeness (QED) is 0.713. The molecule has 0 radical (unpaired) electrons. The van der Waals surface area contributed by atoms with Gasteiger partial charge in [0, 0.05) is 38.1 Å². The lowest BCUT2D eigenvalue weighted by Gasteiger charge is -2.49. The van der Waals surface area contributed by atoms with Crippen LogP contribution in [0.2, 0.25) is 0 Å². The van der Waals surface area contributed by atoms with Crippen LogP contribution >= 0.6 is 0 Å². The molecule has 2 aromatic rings. The fourth-order valence-electron chi connectivity index (χ4n) is 4.30. The number of halogens is 3. The fraction of sp³-hybridized carbons (Fsp3) is 0.550. The van der Waals surface area contributed by atoms with Gasteiger partial charge in [-0.05, 0) is 25.6 Å². The van der Waals surface area contributed by atoms with E-state index >= 15 is 0 Å². The molecule has 9 nitrogen and oxygen atoms in total. The highest BCUT2D eigenvalue weighted by atomic mass is 19.4. The van der Waals surface area contributed by atoms with E-state index in [2.05, 4.69) is 20.7 Å². The SMILES string of the molecule is CN(C1CC(n2cccc2)N(Nc2cnc(C#N)cn2)CC1C(F)(F)F)[C@@H]1CNCCO1. The van der Waals surface area contributed by atoms with E-state index in [0.29, 0.717) is 19.7 Å². The minimum Gasteiger partial charge on any atom is -0.360 e. The zero-order chi connectivity index (χ0) is 22.7. The van der Waals surface area contributed by atoms with Crippen molar-refractivity contribution in [3.63, 3.8) is 0 Å². The van der Waals surface area contributed by atoms with E-state index in [1.807, 2.05) is 35.2 Å². The van der Waals surface area contributed by atoms with E-state index in [-0.39, 0.29) is 24.5 Å². The van der Waals surface area contributed by atoms with Crippen molar-refractivity contribution in [2.45, 2.75) is 31.0 Å². The van der Waals surface area contributed by atoms with Gasteiger partial charge in [-0.2, -0.15) is 23.4 Å². The number of hydrogen-bond donors (Lipinski definition) is 2. The van der Waals surface area contributed by atoms with Crippen LogP contribution in [0.15, 0.2) is 36.9 Å². The van der Waals surface area contributed by atoms with Gasteiger partial charge in [0.15, 0.2) is 11.5 Å². The number of rotatable bonds is 5. The molecule has 0 aliphatic carbocycles. The monoisotopic (exact) mass is 450 g/mol. The number of hydrogen-bond acceptors (Lipinski definition) is 8. The molecule has 2 saturated heterocycles. The third kappa shape index (κ3) is 4.86. The molecule has 32 heavy (non-hydrogen) atoms. The molecular weight excluding hydrogens is 425 g/mol. The Bertz CT molecular complexity index is 908. The molecule has 12 heteroatoms. The van der Waals surface area contributed by atoms with Crippen LogP contribution in [0.4, 0.5) is 19.0 Å². The average molecular weight is 450 g/mol. The van der Waals surface area contributed by atoms with E-state index in [1.54, 1.807) is 17.0 Å². The van der Waals surface area contributed by atoms with Crippen molar-refractivity contribution >= 4 is 5.82 Å². The summed E-state index contributed by atoms with van der Waals surface area (Å²) in [5.74, 6) is -1.34. The predicted molar refractivity (Wildman–Crippen MR) is 109 cm³/mol. The van der Waals surface area contributed by atoms with Crippen molar-refractivity contribution in [2.24, 2.45) is 5.92 Å². The number of hydrazine groups is 1. The van der Waals surface area contributed by atoms with Gasteiger partial charge < -0.3 is 14.6 Å². The molecule has 4 atom stereocenters. The van der Waals surface area contributed by atoms with Gasteiger partial charge in [0.1, 0.15) is 18.5 Å². The van der Waals surface area contributed by atoms with E-state index in [1.165, 1.54) is 12.4 Å². The maximum atomic E-state index is 14.2. The first kappa shape index (κ1) is 22.5. The van der Waals surface area contributed by atoms with Crippen LogP contribution in [-0.2, 0) is 4.74 Å². The molecule has 4 rings (SSSR count). The number of piperidine rings is 1. The van der Waals surface area contributed by atoms with Crippen LogP contribution in [0.25, 0.3) is 0 Å². The van der Waals surface area contributed by atoms with E-state index in [9.17, 15) is 13.2 Å². The molecule has 0 spiro atoms. The second-order valence-corrected chi connectivity index (χ2v) is 7.92. The largest absolute Gasteiger partial charge is 0.394 e. The van der Waals surface area contributed by atoms with Crippen LogP contribution in [-0.4, -0.2) is 76.2 Å². The molecule has 2 aliphatic heterocycles. The Hall–Kier alpha value is -2.72. The summed E-state index contributed by atoms with van der Waals surface area (Å²) in [6.45, 7) is 1.34. The lowest BCUT2D eigenvalue weighted by Crippen LogP contribution is -2.61. The van der Waals surface area contributed by atoms with Gasteiger partial charge in [-0.25, -0.2) is 9.97 Å². The first-order valence-corrected chi connectivity index (χ1v) is 10.4. The molecule has 2 aliphatic rings. The smallest absolute Gasteiger partial charge is 0.360 e. The predicted octanol–water partition coefficient (Wildman–Crippen LogP) is 1.81. The van der Waals surface area contributed by atoms with Gasteiger partial charge in [0.2, 0.25) is 0 Å². The summed E-state index contributed by atoms with van der Waals surface area (Å²) in [5, 5.41) is 13.6. The highest BCUT2D eigenvalue weighted by Crippen LogP contribution is 2.41. The minimum atomic E-state index is -4.40. The third-order valence-electron chi connectivity index (χ3n) is 5.97. The average Bonchev–Trinajstić information content (AvgIpc) is 3.33.